The highest BCUT2D eigenvalue weighted by atomic mass is 32.2. The van der Waals surface area contributed by atoms with E-state index < -0.39 is 0 Å². The van der Waals surface area contributed by atoms with Gasteiger partial charge in [-0.25, -0.2) is 0 Å². The highest BCUT2D eigenvalue weighted by Gasteiger charge is 2.21. The van der Waals surface area contributed by atoms with Gasteiger partial charge in [0.25, 0.3) is 0 Å². The first-order valence-corrected chi connectivity index (χ1v) is 10.2. The molecule has 0 unspecified atom stereocenters. The average molecular weight is 392 g/mol. The molecule has 4 heteroatoms. The van der Waals surface area contributed by atoms with E-state index in [4.69, 9.17) is 4.74 Å². The minimum atomic E-state index is -0.218. The fourth-order valence-corrected chi connectivity index (χ4v) is 3.81. The van der Waals surface area contributed by atoms with Gasteiger partial charge in [-0.1, -0.05) is 60.2 Å². The van der Waals surface area contributed by atoms with Crippen molar-refractivity contribution < 1.29 is 9.53 Å². The third-order valence-electron chi connectivity index (χ3n) is 4.57. The lowest BCUT2D eigenvalue weighted by molar-refractivity contribution is -0.120. The molecular weight excluding hydrogens is 366 g/mol. The zero-order valence-corrected chi connectivity index (χ0v) is 17.2. The van der Waals surface area contributed by atoms with Crippen LogP contribution in [0.2, 0.25) is 0 Å². The molecule has 3 aromatic rings. The summed E-state index contributed by atoms with van der Waals surface area (Å²) in [4.78, 5) is 14.0. The quantitative estimate of drug-likeness (QED) is 0.549. The smallest absolute Gasteiger partial charge is 0.233 e. The summed E-state index contributed by atoms with van der Waals surface area (Å²) in [5.41, 5.74) is 3.35. The number of hydrogen-bond acceptors (Lipinski definition) is 3. The van der Waals surface area contributed by atoms with Crippen molar-refractivity contribution in [3.8, 4) is 5.75 Å². The van der Waals surface area contributed by atoms with Gasteiger partial charge in [0.15, 0.2) is 0 Å². The van der Waals surface area contributed by atoms with Crippen LogP contribution in [0.3, 0.4) is 0 Å². The maximum absolute atomic E-state index is 12.9. The number of aryl methyl sites for hydroxylation is 1. The summed E-state index contributed by atoms with van der Waals surface area (Å²) in [6.07, 6.45) is 0. The Bertz CT molecular complexity index is 892. The van der Waals surface area contributed by atoms with Crippen LogP contribution in [0.5, 0.6) is 5.75 Å². The molecule has 0 heterocycles. The Balaban J connectivity index is 1.75. The predicted molar refractivity (Wildman–Crippen MR) is 116 cm³/mol. The average Bonchev–Trinajstić information content (AvgIpc) is 2.73. The number of carbonyl (C=O) groups is 1. The van der Waals surface area contributed by atoms with Gasteiger partial charge in [-0.15, -0.1) is 11.8 Å². The molecule has 0 aliphatic heterocycles. The zero-order chi connectivity index (χ0) is 19.9. The number of thioether (sulfide) groups is 1. The monoisotopic (exact) mass is 391 g/mol. The molecule has 1 amide bonds. The fourth-order valence-electron chi connectivity index (χ4n) is 2.94. The summed E-state index contributed by atoms with van der Waals surface area (Å²) in [6, 6.07) is 26.0. The molecule has 0 bridgehead atoms. The molecule has 1 N–H and O–H groups in total. The van der Waals surface area contributed by atoms with Crippen molar-refractivity contribution in [1.82, 2.24) is 5.32 Å². The van der Waals surface area contributed by atoms with Crippen LogP contribution in [-0.4, -0.2) is 18.3 Å². The molecular formula is C24H25NO2S. The number of rotatable bonds is 7. The number of carbonyl (C=O) groups excluding carboxylic acids is 1. The summed E-state index contributed by atoms with van der Waals surface area (Å²) < 4.78 is 5.19. The normalized spacial score (nSPS) is 12.8. The van der Waals surface area contributed by atoms with Crippen LogP contribution in [0, 0.1) is 6.92 Å². The summed E-state index contributed by atoms with van der Waals surface area (Å²) in [5, 5.41) is 3.01. The van der Waals surface area contributed by atoms with Crippen molar-refractivity contribution in [1.29, 1.82) is 0 Å². The first kappa shape index (κ1) is 20.0. The van der Waals surface area contributed by atoms with Crippen molar-refractivity contribution in [3.05, 3.63) is 95.6 Å². The SMILES string of the molecule is COc1ccc(S[C@@H](C)C(=O)N[C@@H](c2ccccc2)c2ccc(C)cc2)cc1. The molecule has 0 saturated heterocycles. The predicted octanol–water partition coefficient (Wildman–Crippen LogP) is 5.39. The molecule has 0 saturated carbocycles. The Kier molecular flexibility index (Phi) is 6.77. The van der Waals surface area contributed by atoms with Gasteiger partial charge in [-0.3, -0.25) is 4.79 Å². The summed E-state index contributed by atoms with van der Waals surface area (Å²) in [5.74, 6) is 0.820. The van der Waals surface area contributed by atoms with Crippen LogP contribution in [-0.2, 0) is 4.79 Å². The maximum Gasteiger partial charge on any atom is 0.233 e. The van der Waals surface area contributed by atoms with E-state index in [-0.39, 0.29) is 17.2 Å². The van der Waals surface area contributed by atoms with Crippen LogP contribution in [0.1, 0.15) is 29.7 Å². The molecule has 0 spiro atoms. The second-order valence-electron chi connectivity index (χ2n) is 6.70. The zero-order valence-electron chi connectivity index (χ0n) is 16.4. The van der Waals surface area contributed by atoms with Crippen LogP contribution >= 0.6 is 11.8 Å². The number of nitrogens with one attached hydrogen (secondary N) is 1. The third-order valence-corrected chi connectivity index (χ3v) is 5.68. The number of benzene rings is 3. The number of hydrogen-bond donors (Lipinski definition) is 1. The van der Waals surface area contributed by atoms with Gasteiger partial charge in [0.2, 0.25) is 5.91 Å². The van der Waals surface area contributed by atoms with E-state index in [1.807, 2.05) is 61.5 Å². The topological polar surface area (TPSA) is 38.3 Å². The van der Waals surface area contributed by atoms with Crippen LogP contribution in [0.15, 0.2) is 83.8 Å². The summed E-state index contributed by atoms with van der Waals surface area (Å²) in [7, 11) is 1.65. The minimum Gasteiger partial charge on any atom is -0.497 e. The highest BCUT2D eigenvalue weighted by molar-refractivity contribution is 8.00. The second kappa shape index (κ2) is 9.47. The van der Waals surface area contributed by atoms with Crippen LogP contribution < -0.4 is 10.1 Å². The van der Waals surface area contributed by atoms with Crippen molar-refractivity contribution in [2.24, 2.45) is 0 Å². The molecule has 0 radical (unpaired) electrons. The minimum absolute atomic E-state index is 0.00949. The lowest BCUT2D eigenvalue weighted by atomic mass is 9.97. The van der Waals surface area contributed by atoms with E-state index in [1.54, 1.807) is 7.11 Å². The van der Waals surface area contributed by atoms with E-state index in [9.17, 15) is 4.79 Å². The molecule has 0 aliphatic rings. The molecule has 144 valence electrons. The maximum atomic E-state index is 12.9. The lowest BCUT2D eigenvalue weighted by Gasteiger charge is -2.22. The van der Waals surface area contributed by atoms with Gasteiger partial charge in [0.1, 0.15) is 5.75 Å². The first-order valence-electron chi connectivity index (χ1n) is 9.29. The Morgan fingerprint density at radius 1 is 0.893 bits per heavy atom. The molecule has 0 aliphatic carbocycles. The van der Waals surface area contributed by atoms with Gasteiger partial charge in [-0.2, -0.15) is 0 Å². The lowest BCUT2D eigenvalue weighted by Crippen LogP contribution is -2.34. The third kappa shape index (κ3) is 5.17. The van der Waals surface area contributed by atoms with E-state index in [1.165, 1.54) is 17.3 Å². The van der Waals surface area contributed by atoms with E-state index >= 15 is 0 Å². The summed E-state index contributed by atoms with van der Waals surface area (Å²) in [6.45, 7) is 3.99. The fraction of sp³-hybridized carbons (Fsp3) is 0.208. The van der Waals surface area contributed by atoms with Crippen LogP contribution in [0.4, 0.5) is 0 Å². The van der Waals surface area contributed by atoms with E-state index in [0.717, 1.165) is 21.8 Å². The molecule has 3 rings (SSSR count). The van der Waals surface area contributed by atoms with Gasteiger partial charge in [0, 0.05) is 4.90 Å². The van der Waals surface area contributed by atoms with Crippen molar-refractivity contribution in [2.75, 3.05) is 7.11 Å². The second-order valence-corrected chi connectivity index (χ2v) is 8.11. The van der Waals surface area contributed by atoms with Gasteiger partial charge >= 0.3 is 0 Å². The first-order chi connectivity index (χ1) is 13.6. The highest BCUT2D eigenvalue weighted by Crippen LogP contribution is 2.27. The van der Waals surface area contributed by atoms with Gasteiger partial charge in [0.05, 0.1) is 18.4 Å². The number of amides is 1. The van der Waals surface area contributed by atoms with Gasteiger partial charge in [-0.05, 0) is 49.2 Å². The van der Waals surface area contributed by atoms with E-state index in [2.05, 4.69) is 36.5 Å². The molecule has 28 heavy (non-hydrogen) atoms. The van der Waals surface area contributed by atoms with Crippen molar-refractivity contribution >= 4 is 17.7 Å². The Morgan fingerprint density at radius 2 is 1.50 bits per heavy atom. The molecule has 0 fully saturated rings. The van der Waals surface area contributed by atoms with Crippen LogP contribution in [0.25, 0.3) is 0 Å². The van der Waals surface area contributed by atoms with E-state index in [0.29, 0.717) is 0 Å². The Hall–Kier alpha value is -2.72. The molecule has 0 aromatic heterocycles. The number of methoxy groups -OCH3 is 1. The molecule has 3 nitrogen and oxygen atoms in total. The van der Waals surface area contributed by atoms with Crippen molar-refractivity contribution in [3.63, 3.8) is 0 Å². The Labute approximate surface area is 171 Å². The number of ether oxygens (including phenoxy) is 1. The van der Waals surface area contributed by atoms with Crippen molar-refractivity contribution in [2.45, 2.75) is 30.0 Å². The van der Waals surface area contributed by atoms with Gasteiger partial charge < -0.3 is 10.1 Å². The summed E-state index contributed by atoms with van der Waals surface area (Å²) >= 11 is 1.54. The standard InChI is InChI=1S/C24H25NO2S/c1-17-9-11-20(12-10-17)23(19-7-5-4-6-8-19)25-24(26)18(2)28-22-15-13-21(27-3)14-16-22/h4-16,18,23H,1-3H3,(H,25,26)/t18-,23-/m0/s1. The Morgan fingerprint density at radius 3 is 2.11 bits per heavy atom. The molecule has 3 aromatic carbocycles. The largest absolute Gasteiger partial charge is 0.497 e. The molecule has 2 atom stereocenters.